The van der Waals surface area contributed by atoms with E-state index in [9.17, 15) is 9.59 Å². The highest BCUT2D eigenvalue weighted by Gasteiger charge is 2.38. The fourth-order valence-electron chi connectivity index (χ4n) is 5.59. The molecule has 3 aromatic rings. The fraction of sp³-hybridized carbons (Fsp3) is 0.400. The van der Waals surface area contributed by atoms with Crippen LogP contribution in [0.25, 0.3) is 0 Å². The van der Waals surface area contributed by atoms with Gasteiger partial charge in [-0.25, -0.2) is 0 Å². The van der Waals surface area contributed by atoms with Gasteiger partial charge in [-0.1, -0.05) is 43.3 Å². The van der Waals surface area contributed by atoms with E-state index >= 15 is 0 Å². The van der Waals surface area contributed by atoms with Gasteiger partial charge in [-0.15, -0.1) is 11.3 Å². The molecule has 0 unspecified atom stereocenters. The molecule has 2 amide bonds. The summed E-state index contributed by atoms with van der Waals surface area (Å²) in [6.45, 7) is 9.49. The van der Waals surface area contributed by atoms with E-state index in [1.165, 1.54) is 27.1 Å². The zero-order chi connectivity index (χ0) is 25.2. The fourth-order valence-corrected chi connectivity index (χ4v) is 6.50. The van der Waals surface area contributed by atoms with Gasteiger partial charge in [0.25, 0.3) is 5.91 Å². The summed E-state index contributed by atoms with van der Waals surface area (Å²) in [5.74, 6) is 0.213. The van der Waals surface area contributed by atoms with E-state index < -0.39 is 0 Å². The SMILES string of the molecule is CCc1ccc(C(=O)N2CCN(C(=O)[C@@H](C)N3CCc4sccc4[C@H]3c3ccccc3C)CC2)cc1. The molecule has 0 bridgehead atoms. The lowest BCUT2D eigenvalue weighted by molar-refractivity contribution is -0.138. The number of carbonyl (C=O) groups is 2. The zero-order valence-corrected chi connectivity index (χ0v) is 22.3. The molecule has 0 radical (unpaired) electrons. The van der Waals surface area contributed by atoms with E-state index in [4.69, 9.17) is 0 Å². The Labute approximate surface area is 218 Å². The monoisotopic (exact) mass is 501 g/mol. The number of nitrogens with zero attached hydrogens (tertiary/aromatic N) is 3. The molecule has 0 N–H and O–H groups in total. The molecule has 188 valence electrons. The third kappa shape index (κ3) is 4.72. The van der Waals surface area contributed by atoms with E-state index in [0.29, 0.717) is 26.2 Å². The number of hydrogen-bond acceptors (Lipinski definition) is 4. The molecule has 1 fully saturated rings. The third-order valence-electron chi connectivity index (χ3n) is 7.83. The average molecular weight is 502 g/mol. The number of thiophene rings is 1. The molecule has 2 aromatic carbocycles. The second-order valence-electron chi connectivity index (χ2n) is 9.89. The van der Waals surface area contributed by atoms with Gasteiger partial charge < -0.3 is 9.80 Å². The second-order valence-corrected chi connectivity index (χ2v) is 10.9. The van der Waals surface area contributed by atoms with Gasteiger partial charge in [0.15, 0.2) is 0 Å². The Hall–Kier alpha value is -2.96. The van der Waals surface area contributed by atoms with Crippen molar-refractivity contribution in [1.82, 2.24) is 14.7 Å². The molecule has 1 aromatic heterocycles. The highest BCUT2D eigenvalue weighted by atomic mass is 32.1. The summed E-state index contributed by atoms with van der Waals surface area (Å²) in [6.07, 6.45) is 1.94. The topological polar surface area (TPSA) is 43.9 Å². The Balaban J connectivity index is 1.28. The predicted octanol–water partition coefficient (Wildman–Crippen LogP) is 4.94. The number of piperazine rings is 1. The van der Waals surface area contributed by atoms with Crippen LogP contribution in [0.15, 0.2) is 60.0 Å². The van der Waals surface area contributed by atoms with Crippen molar-refractivity contribution in [1.29, 1.82) is 0 Å². The quantitative estimate of drug-likeness (QED) is 0.498. The van der Waals surface area contributed by atoms with Gasteiger partial charge in [-0.3, -0.25) is 14.5 Å². The maximum absolute atomic E-state index is 13.7. The minimum atomic E-state index is -0.230. The summed E-state index contributed by atoms with van der Waals surface area (Å²) in [6, 6.07) is 18.5. The van der Waals surface area contributed by atoms with Crippen molar-refractivity contribution in [3.05, 3.63) is 92.7 Å². The minimum absolute atomic E-state index is 0.0541. The summed E-state index contributed by atoms with van der Waals surface area (Å²) in [5.41, 5.74) is 5.82. The largest absolute Gasteiger partial charge is 0.338 e. The molecule has 0 spiro atoms. The highest BCUT2D eigenvalue weighted by molar-refractivity contribution is 7.10. The van der Waals surface area contributed by atoms with Crippen LogP contribution in [0, 0.1) is 6.92 Å². The Morgan fingerprint density at radius 1 is 0.917 bits per heavy atom. The predicted molar refractivity (Wildman–Crippen MR) is 146 cm³/mol. The molecule has 6 heteroatoms. The Morgan fingerprint density at radius 3 is 2.31 bits per heavy atom. The summed E-state index contributed by atoms with van der Waals surface area (Å²) in [4.78, 5) is 34.3. The highest BCUT2D eigenvalue weighted by Crippen LogP contribution is 2.40. The lowest BCUT2D eigenvalue weighted by atomic mass is 9.89. The van der Waals surface area contributed by atoms with Gasteiger partial charge >= 0.3 is 0 Å². The van der Waals surface area contributed by atoms with Crippen LogP contribution in [0.4, 0.5) is 0 Å². The average Bonchev–Trinajstić information content (AvgIpc) is 3.41. The normalized spacial score (nSPS) is 19.1. The van der Waals surface area contributed by atoms with Gasteiger partial charge in [0.1, 0.15) is 0 Å². The number of fused-ring (bicyclic) bond motifs is 1. The molecular formula is C30H35N3O2S. The van der Waals surface area contributed by atoms with Crippen molar-refractivity contribution in [3.8, 4) is 0 Å². The maximum Gasteiger partial charge on any atom is 0.253 e. The number of carbonyl (C=O) groups excluding carboxylic acids is 2. The molecule has 5 nitrogen and oxygen atoms in total. The van der Waals surface area contributed by atoms with Gasteiger partial charge in [0.2, 0.25) is 5.91 Å². The Bertz CT molecular complexity index is 1230. The number of rotatable bonds is 5. The first-order chi connectivity index (χ1) is 17.5. The van der Waals surface area contributed by atoms with Crippen LogP contribution in [0.2, 0.25) is 0 Å². The Morgan fingerprint density at radius 2 is 1.61 bits per heavy atom. The van der Waals surface area contributed by atoms with Crippen molar-refractivity contribution >= 4 is 23.2 Å². The zero-order valence-electron chi connectivity index (χ0n) is 21.4. The number of hydrogen-bond donors (Lipinski definition) is 0. The number of benzene rings is 2. The van der Waals surface area contributed by atoms with E-state index in [1.807, 2.05) is 45.4 Å². The minimum Gasteiger partial charge on any atom is -0.338 e. The molecule has 0 aliphatic carbocycles. The maximum atomic E-state index is 13.7. The van der Waals surface area contributed by atoms with Crippen LogP contribution < -0.4 is 0 Å². The Kier molecular flexibility index (Phi) is 7.26. The first-order valence-electron chi connectivity index (χ1n) is 13.0. The number of aryl methyl sites for hydroxylation is 2. The molecule has 2 aliphatic heterocycles. The number of amides is 2. The third-order valence-corrected chi connectivity index (χ3v) is 8.83. The molecule has 2 atom stereocenters. The lowest BCUT2D eigenvalue weighted by Gasteiger charge is -2.43. The molecule has 3 heterocycles. The smallest absolute Gasteiger partial charge is 0.253 e. The van der Waals surface area contributed by atoms with E-state index in [2.05, 4.69) is 61.4 Å². The first kappa shape index (κ1) is 24.7. The van der Waals surface area contributed by atoms with Crippen molar-refractivity contribution in [2.45, 2.75) is 45.7 Å². The molecule has 5 rings (SSSR count). The van der Waals surface area contributed by atoms with Crippen molar-refractivity contribution in [3.63, 3.8) is 0 Å². The van der Waals surface area contributed by atoms with Crippen LogP contribution in [-0.2, 0) is 17.6 Å². The van der Waals surface area contributed by atoms with Crippen LogP contribution in [0.1, 0.15) is 57.4 Å². The first-order valence-corrected chi connectivity index (χ1v) is 13.9. The summed E-state index contributed by atoms with van der Waals surface area (Å²) in [7, 11) is 0. The van der Waals surface area contributed by atoms with Crippen LogP contribution >= 0.6 is 11.3 Å². The van der Waals surface area contributed by atoms with Crippen LogP contribution in [0.3, 0.4) is 0 Å². The molecule has 2 aliphatic rings. The van der Waals surface area contributed by atoms with Crippen LogP contribution in [0.5, 0.6) is 0 Å². The van der Waals surface area contributed by atoms with E-state index in [1.54, 1.807) is 0 Å². The summed E-state index contributed by atoms with van der Waals surface area (Å²) < 4.78 is 0. The van der Waals surface area contributed by atoms with Crippen LogP contribution in [-0.4, -0.2) is 65.3 Å². The van der Waals surface area contributed by atoms with E-state index in [-0.39, 0.29) is 23.9 Å². The van der Waals surface area contributed by atoms with Crippen molar-refractivity contribution < 1.29 is 9.59 Å². The molecule has 1 saturated heterocycles. The van der Waals surface area contributed by atoms with Gasteiger partial charge in [0, 0.05) is 43.2 Å². The van der Waals surface area contributed by atoms with E-state index in [0.717, 1.165) is 24.9 Å². The van der Waals surface area contributed by atoms with Crippen molar-refractivity contribution in [2.24, 2.45) is 0 Å². The van der Waals surface area contributed by atoms with Gasteiger partial charge in [-0.05, 0) is 72.5 Å². The molecule has 0 saturated carbocycles. The molecule has 36 heavy (non-hydrogen) atoms. The van der Waals surface area contributed by atoms with Gasteiger partial charge in [-0.2, -0.15) is 0 Å². The second kappa shape index (κ2) is 10.6. The summed E-state index contributed by atoms with van der Waals surface area (Å²) >= 11 is 1.82. The summed E-state index contributed by atoms with van der Waals surface area (Å²) in [5, 5.41) is 2.18. The lowest BCUT2D eigenvalue weighted by Crippen LogP contribution is -2.56. The molecular weight excluding hydrogens is 466 g/mol. The van der Waals surface area contributed by atoms with Gasteiger partial charge in [0.05, 0.1) is 12.1 Å². The van der Waals surface area contributed by atoms with Crippen molar-refractivity contribution in [2.75, 3.05) is 32.7 Å². The standard InChI is InChI=1S/C30H35N3O2S/c1-4-23-9-11-24(12-10-23)30(35)32-18-16-31(17-19-32)29(34)22(3)33-15-13-27-26(14-20-36-27)28(33)25-8-6-5-7-21(25)2/h5-12,14,20,22,28H,4,13,15-19H2,1-3H3/t22-,28-/m1/s1.